The van der Waals surface area contributed by atoms with Crippen molar-refractivity contribution in [3.05, 3.63) is 108 Å². The first kappa shape index (κ1) is 35.9. The molecule has 0 amide bonds. The van der Waals surface area contributed by atoms with Crippen molar-refractivity contribution >= 4 is 30.9 Å². The maximum atomic E-state index is 2.98. The highest BCUT2D eigenvalue weighted by atomic mass is 28.3. The number of benzene rings is 3. The molecule has 0 spiro atoms. The van der Waals surface area contributed by atoms with Gasteiger partial charge in [0.05, 0.1) is 0 Å². The standard InChI is InChI=1S/C46H64N2Si/c1-11-13-29-46(30-14-12-2)41-32-37(47(35-21-17-15-18-22-35)36-23-19-16-20-24-36)26-27-38(41)40-31-34-25-28-43(39(34)33-42(40)46)49(9,10)48(44(3,4)5)45(6,7)8/h15-24,26-27,31-34,39,43H,11-14,25,28-30H2,1-10H3. The summed E-state index contributed by atoms with van der Waals surface area (Å²) in [6, 6.07) is 29.4. The molecule has 262 valence electrons. The molecule has 0 bridgehead atoms. The second kappa shape index (κ2) is 13.7. The number of rotatable bonds is 11. The zero-order valence-corrected chi connectivity index (χ0v) is 33.4. The van der Waals surface area contributed by atoms with Crippen LogP contribution in [-0.4, -0.2) is 23.9 Å². The summed E-state index contributed by atoms with van der Waals surface area (Å²) in [4.78, 5) is 2.46. The van der Waals surface area contributed by atoms with E-state index in [1.807, 2.05) is 0 Å². The van der Waals surface area contributed by atoms with Crippen molar-refractivity contribution in [2.24, 2.45) is 11.8 Å². The van der Waals surface area contributed by atoms with Gasteiger partial charge in [0.1, 0.15) is 8.24 Å². The van der Waals surface area contributed by atoms with Crippen LogP contribution in [0.15, 0.2) is 96.6 Å². The first-order valence-electron chi connectivity index (χ1n) is 19.5. The van der Waals surface area contributed by atoms with Crippen LogP contribution in [0.25, 0.3) is 5.57 Å². The van der Waals surface area contributed by atoms with Crippen LogP contribution in [0.3, 0.4) is 0 Å². The zero-order valence-electron chi connectivity index (χ0n) is 32.4. The highest BCUT2D eigenvalue weighted by Crippen LogP contribution is 2.62. The van der Waals surface area contributed by atoms with Crippen molar-refractivity contribution in [2.45, 2.75) is 142 Å². The van der Waals surface area contributed by atoms with Gasteiger partial charge < -0.3 is 9.47 Å². The summed E-state index contributed by atoms with van der Waals surface area (Å²) in [6.07, 6.45) is 15.8. The predicted octanol–water partition coefficient (Wildman–Crippen LogP) is 13.6. The van der Waals surface area contributed by atoms with E-state index < -0.39 is 8.24 Å². The van der Waals surface area contributed by atoms with E-state index in [-0.39, 0.29) is 16.5 Å². The Morgan fingerprint density at radius 3 is 1.76 bits per heavy atom. The number of hydrogen-bond donors (Lipinski definition) is 0. The van der Waals surface area contributed by atoms with Gasteiger partial charge in [-0.3, -0.25) is 0 Å². The minimum absolute atomic E-state index is 0.0692. The van der Waals surface area contributed by atoms with Gasteiger partial charge in [-0.05, 0) is 137 Å². The molecule has 3 unspecified atom stereocenters. The van der Waals surface area contributed by atoms with Crippen LogP contribution < -0.4 is 4.90 Å². The van der Waals surface area contributed by atoms with Crippen LogP contribution in [0.4, 0.5) is 17.1 Å². The molecule has 0 radical (unpaired) electrons. The van der Waals surface area contributed by atoms with Gasteiger partial charge in [-0.15, -0.1) is 0 Å². The van der Waals surface area contributed by atoms with Gasteiger partial charge in [0, 0.05) is 33.6 Å². The lowest BCUT2D eigenvalue weighted by Crippen LogP contribution is -2.67. The van der Waals surface area contributed by atoms with Crippen molar-refractivity contribution in [3.63, 3.8) is 0 Å². The number of nitrogens with zero attached hydrogens (tertiary/aromatic N) is 2. The van der Waals surface area contributed by atoms with Gasteiger partial charge in [0.15, 0.2) is 0 Å². The fraction of sp³-hybridized carbons (Fsp3) is 0.522. The first-order valence-corrected chi connectivity index (χ1v) is 22.6. The molecule has 3 aliphatic carbocycles. The molecule has 2 nitrogen and oxygen atoms in total. The molecule has 0 aromatic heterocycles. The van der Waals surface area contributed by atoms with Crippen molar-refractivity contribution in [1.29, 1.82) is 0 Å². The summed E-state index contributed by atoms with van der Waals surface area (Å²) in [5, 5.41) is 0. The smallest absolute Gasteiger partial charge is 0.126 e. The van der Waals surface area contributed by atoms with Crippen molar-refractivity contribution in [1.82, 2.24) is 4.57 Å². The lowest BCUT2D eigenvalue weighted by molar-refractivity contribution is 0.122. The second-order valence-corrected chi connectivity index (χ2v) is 22.4. The molecule has 0 N–H and O–H groups in total. The molecule has 3 aliphatic rings. The minimum atomic E-state index is -1.85. The molecule has 3 atom stereocenters. The van der Waals surface area contributed by atoms with Crippen LogP contribution >= 0.6 is 0 Å². The fourth-order valence-electron chi connectivity index (χ4n) is 11.1. The Labute approximate surface area is 300 Å². The van der Waals surface area contributed by atoms with Crippen LogP contribution in [0, 0.1) is 11.8 Å². The van der Waals surface area contributed by atoms with E-state index in [1.165, 1.54) is 74.0 Å². The van der Waals surface area contributed by atoms with Gasteiger partial charge in [0.2, 0.25) is 0 Å². The number of hydrogen-bond acceptors (Lipinski definition) is 2. The summed E-state index contributed by atoms with van der Waals surface area (Å²) in [7, 11) is -1.85. The maximum absolute atomic E-state index is 2.98. The van der Waals surface area contributed by atoms with E-state index in [0.29, 0.717) is 11.8 Å². The van der Waals surface area contributed by atoms with Crippen LogP contribution in [-0.2, 0) is 5.41 Å². The second-order valence-electron chi connectivity index (χ2n) is 17.9. The highest BCUT2D eigenvalue weighted by molar-refractivity contribution is 6.76. The van der Waals surface area contributed by atoms with E-state index in [2.05, 4.69) is 169 Å². The van der Waals surface area contributed by atoms with Crippen molar-refractivity contribution < 1.29 is 0 Å². The van der Waals surface area contributed by atoms with E-state index in [9.17, 15) is 0 Å². The van der Waals surface area contributed by atoms with Gasteiger partial charge in [-0.25, -0.2) is 0 Å². The van der Waals surface area contributed by atoms with E-state index >= 15 is 0 Å². The molecule has 49 heavy (non-hydrogen) atoms. The van der Waals surface area contributed by atoms with Crippen LogP contribution in [0.5, 0.6) is 0 Å². The minimum Gasteiger partial charge on any atom is -0.314 e. The lowest BCUT2D eigenvalue weighted by atomic mass is 9.68. The largest absolute Gasteiger partial charge is 0.314 e. The third-order valence-corrected chi connectivity index (χ3v) is 17.1. The highest BCUT2D eigenvalue weighted by Gasteiger charge is 2.55. The quantitative estimate of drug-likeness (QED) is 0.187. The molecule has 1 fully saturated rings. The third kappa shape index (κ3) is 6.56. The van der Waals surface area contributed by atoms with Gasteiger partial charge in [-0.1, -0.05) is 114 Å². The average Bonchev–Trinajstić information content (AvgIpc) is 3.59. The normalized spacial score (nSPS) is 21.6. The van der Waals surface area contributed by atoms with Gasteiger partial charge >= 0.3 is 0 Å². The number of unbranched alkanes of at least 4 members (excludes halogenated alkanes) is 2. The lowest BCUT2D eigenvalue weighted by Gasteiger charge is -2.57. The molecule has 3 aromatic carbocycles. The molecule has 3 aromatic rings. The van der Waals surface area contributed by atoms with Crippen molar-refractivity contribution in [3.8, 4) is 0 Å². The third-order valence-electron chi connectivity index (χ3n) is 12.2. The number of anilines is 3. The van der Waals surface area contributed by atoms with E-state index in [0.717, 1.165) is 5.54 Å². The molecular weight excluding hydrogens is 609 g/mol. The van der Waals surface area contributed by atoms with Crippen LogP contribution in [0.1, 0.15) is 118 Å². The Morgan fingerprint density at radius 1 is 0.694 bits per heavy atom. The Bertz CT molecular complexity index is 1590. The first-order chi connectivity index (χ1) is 23.2. The predicted molar refractivity (Wildman–Crippen MR) is 217 cm³/mol. The molecule has 6 rings (SSSR count). The van der Waals surface area contributed by atoms with E-state index in [1.54, 1.807) is 16.7 Å². The number of allylic oxidation sites excluding steroid dienone is 4. The molecule has 1 saturated carbocycles. The Hall–Kier alpha value is -2.88. The molecular formula is C46H64N2Si. The molecule has 0 aliphatic heterocycles. The summed E-state index contributed by atoms with van der Waals surface area (Å²) < 4.78 is 2.98. The summed E-state index contributed by atoms with van der Waals surface area (Å²) in [6.45, 7) is 24.9. The van der Waals surface area contributed by atoms with Crippen molar-refractivity contribution in [2.75, 3.05) is 4.90 Å². The Morgan fingerprint density at radius 2 is 1.24 bits per heavy atom. The summed E-state index contributed by atoms with van der Waals surface area (Å²) >= 11 is 0. The molecule has 0 heterocycles. The number of fused-ring (bicyclic) bond motifs is 4. The van der Waals surface area contributed by atoms with E-state index in [4.69, 9.17) is 0 Å². The van der Waals surface area contributed by atoms with Gasteiger partial charge in [-0.2, -0.15) is 0 Å². The zero-order chi connectivity index (χ0) is 35.2. The SMILES string of the molecule is CCCCC1(CCCC)C2=CC3C(C=C2c2ccc(N(c4ccccc4)c4ccccc4)cc21)CCC3[Si](C)(C)N(C(C)(C)C)C(C)(C)C. The fourth-order valence-corrected chi connectivity index (χ4v) is 17.1. The monoisotopic (exact) mass is 672 g/mol. The Balaban J connectivity index is 1.51. The Kier molecular flexibility index (Phi) is 10.0. The summed E-state index contributed by atoms with van der Waals surface area (Å²) in [5.41, 5.74) is 11.1. The number of para-hydroxylation sites is 2. The summed E-state index contributed by atoms with van der Waals surface area (Å²) in [5.74, 6) is 1.28. The van der Waals surface area contributed by atoms with Gasteiger partial charge in [0.25, 0.3) is 0 Å². The topological polar surface area (TPSA) is 6.48 Å². The maximum Gasteiger partial charge on any atom is 0.126 e. The van der Waals surface area contributed by atoms with Crippen LogP contribution in [0.2, 0.25) is 18.6 Å². The molecule has 3 heteroatoms. The average molecular weight is 673 g/mol. The molecule has 0 saturated heterocycles.